The Hall–Kier alpha value is -4.34. The predicted molar refractivity (Wildman–Crippen MR) is 193 cm³/mol. The van der Waals surface area contributed by atoms with Gasteiger partial charge in [0, 0.05) is 47.5 Å². The molecule has 0 radical (unpaired) electrons. The molecule has 0 atom stereocenters. The summed E-state index contributed by atoms with van der Waals surface area (Å²) in [5.74, 6) is 0.265. The number of anilines is 1. The van der Waals surface area contributed by atoms with E-state index in [1.54, 1.807) is 23.4 Å². The van der Waals surface area contributed by atoms with Crippen LogP contribution in [0.3, 0.4) is 0 Å². The number of benzene rings is 2. The second-order valence-corrected chi connectivity index (χ2v) is 13.1. The third-order valence-electron chi connectivity index (χ3n) is 6.87. The SMILES string of the molecule is Brc1ccc(Br)nc1.O=C(OCc1ccccc1)N1CCN(c2ccc(Br)cn2)C(=O)C1.O=C1CN(C(=O)OCc2ccccc2)CCN1. The van der Waals surface area contributed by atoms with E-state index in [2.05, 4.69) is 63.1 Å². The average Bonchev–Trinajstić information content (AvgIpc) is 3.12. The van der Waals surface area contributed by atoms with Crippen molar-refractivity contribution in [2.24, 2.45) is 0 Å². The van der Waals surface area contributed by atoms with E-state index in [4.69, 9.17) is 9.47 Å². The summed E-state index contributed by atoms with van der Waals surface area (Å²) in [5, 5.41) is 2.65. The van der Waals surface area contributed by atoms with Crippen molar-refractivity contribution in [2.75, 3.05) is 44.2 Å². The number of hydrogen-bond acceptors (Lipinski definition) is 8. The normalized spacial score (nSPS) is 14.0. The first-order valence-corrected chi connectivity index (χ1v) is 17.4. The number of rotatable bonds is 5. The number of hydrogen-bond donors (Lipinski definition) is 1. The second kappa shape index (κ2) is 19.6. The highest BCUT2D eigenvalue weighted by Gasteiger charge is 2.29. The largest absolute Gasteiger partial charge is 0.445 e. The van der Waals surface area contributed by atoms with Gasteiger partial charge in [-0.15, -0.1) is 0 Å². The second-order valence-electron chi connectivity index (χ2n) is 10.5. The van der Waals surface area contributed by atoms with Gasteiger partial charge in [0.15, 0.2) is 0 Å². The summed E-state index contributed by atoms with van der Waals surface area (Å²) in [5.41, 5.74) is 1.84. The number of ether oxygens (including phenoxy) is 2. The standard InChI is InChI=1S/C17H16BrN3O3.C12H14N2O3.C5H3Br2N/c18-14-6-7-15(19-10-14)21-9-8-20(11-16(21)22)17(23)24-12-13-4-2-1-3-5-13;15-11-8-14(7-6-13-11)12(16)17-9-10-4-2-1-3-5-10;6-4-1-2-5(7)8-3-4/h1-7,10H,8-9,11-12H2;1-5H,6-9H2,(H,13,15);1-3H. The lowest BCUT2D eigenvalue weighted by Gasteiger charge is -2.33. The van der Waals surface area contributed by atoms with Crippen molar-refractivity contribution < 1.29 is 28.7 Å². The van der Waals surface area contributed by atoms with Crippen molar-refractivity contribution in [3.8, 4) is 0 Å². The first-order chi connectivity index (χ1) is 23.7. The quantitative estimate of drug-likeness (QED) is 0.235. The van der Waals surface area contributed by atoms with Crippen LogP contribution in [0.5, 0.6) is 0 Å². The molecule has 0 spiro atoms. The highest BCUT2D eigenvalue weighted by atomic mass is 79.9. The lowest BCUT2D eigenvalue weighted by Crippen LogP contribution is -2.52. The van der Waals surface area contributed by atoms with E-state index in [-0.39, 0.29) is 38.1 Å². The van der Waals surface area contributed by atoms with Gasteiger partial charge in [-0.25, -0.2) is 19.6 Å². The van der Waals surface area contributed by atoms with Gasteiger partial charge in [-0.2, -0.15) is 0 Å². The molecule has 0 bridgehead atoms. The van der Waals surface area contributed by atoms with Crippen molar-refractivity contribution in [3.63, 3.8) is 0 Å². The molecule has 6 rings (SSSR count). The minimum absolute atomic E-state index is 0.00856. The van der Waals surface area contributed by atoms with Crippen LogP contribution in [0, 0.1) is 0 Å². The predicted octanol–water partition coefficient (Wildman–Crippen LogP) is 6.19. The van der Waals surface area contributed by atoms with E-state index in [0.29, 0.717) is 32.0 Å². The van der Waals surface area contributed by atoms with Crippen LogP contribution in [0.4, 0.5) is 15.4 Å². The average molecular weight is 861 g/mol. The number of pyridine rings is 2. The molecule has 49 heavy (non-hydrogen) atoms. The van der Waals surface area contributed by atoms with Gasteiger partial charge in [0.25, 0.3) is 0 Å². The smallest absolute Gasteiger partial charge is 0.410 e. The summed E-state index contributed by atoms with van der Waals surface area (Å²) >= 11 is 9.79. The van der Waals surface area contributed by atoms with Crippen molar-refractivity contribution >= 4 is 77.6 Å². The minimum Gasteiger partial charge on any atom is -0.445 e. The van der Waals surface area contributed by atoms with Crippen molar-refractivity contribution in [2.45, 2.75) is 13.2 Å². The number of halogens is 3. The molecule has 4 aromatic rings. The zero-order chi connectivity index (χ0) is 35.0. The van der Waals surface area contributed by atoms with Gasteiger partial charge in [0.2, 0.25) is 11.8 Å². The van der Waals surface area contributed by atoms with Crippen LogP contribution in [0.2, 0.25) is 0 Å². The van der Waals surface area contributed by atoms with Crippen molar-refractivity contribution in [1.82, 2.24) is 25.1 Å². The van der Waals surface area contributed by atoms with Crippen LogP contribution < -0.4 is 10.2 Å². The van der Waals surface area contributed by atoms with E-state index in [1.807, 2.05) is 78.9 Å². The fraction of sp³-hybridized carbons (Fsp3) is 0.235. The maximum atomic E-state index is 12.3. The highest BCUT2D eigenvalue weighted by Crippen LogP contribution is 2.18. The zero-order valence-electron chi connectivity index (χ0n) is 26.2. The molecular formula is C34H33Br3N6O6. The molecule has 0 aliphatic carbocycles. The van der Waals surface area contributed by atoms with Crippen molar-refractivity contribution in [3.05, 3.63) is 122 Å². The molecule has 4 heterocycles. The Bertz CT molecular complexity index is 1650. The Morgan fingerprint density at radius 1 is 0.673 bits per heavy atom. The van der Waals surface area contributed by atoms with E-state index < -0.39 is 12.2 Å². The number of aromatic nitrogens is 2. The first-order valence-electron chi connectivity index (χ1n) is 15.0. The highest BCUT2D eigenvalue weighted by molar-refractivity contribution is 9.11. The molecule has 0 unspecified atom stereocenters. The first kappa shape index (κ1) is 37.5. The van der Waals surface area contributed by atoms with Crippen LogP contribution >= 0.6 is 47.8 Å². The summed E-state index contributed by atoms with van der Waals surface area (Å²) in [6.45, 7) is 2.29. The van der Waals surface area contributed by atoms with Crippen molar-refractivity contribution in [1.29, 1.82) is 0 Å². The van der Waals surface area contributed by atoms with Crippen LogP contribution in [0.25, 0.3) is 0 Å². The number of nitrogens with zero attached hydrogens (tertiary/aromatic N) is 5. The Morgan fingerprint density at radius 3 is 1.69 bits per heavy atom. The molecule has 2 aliphatic rings. The zero-order valence-corrected chi connectivity index (χ0v) is 31.0. The van der Waals surface area contributed by atoms with Crippen LogP contribution in [-0.2, 0) is 32.3 Å². The van der Waals surface area contributed by atoms with Crippen LogP contribution in [0.15, 0.2) is 111 Å². The molecule has 2 aromatic heterocycles. The van der Waals surface area contributed by atoms with Gasteiger partial charge in [0.1, 0.15) is 36.7 Å². The monoisotopic (exact) mass is 858 g/mol. The number of nitrogens with one attached hydrogen (secondary N) is 1. The maximum Gasteiger partial charge on any atom is 0.410 e. The summed E-state index contributed by atoms with van der Waals surface area (Å²) < 4.78 is 13.1. The van der Waals surface area contributed by atoms with Gasteiger partial charge in [-0.3, -0.25) is 24.3 Å². The lowest BCUT2D eigenvalue weighted by atomic mass is 10.2. The molecule has 2 aromatic carbocycles. The molecule has 4 amide bonds. The number of carbonyl (C=O) groups is 4. The van der Waals surface area contributed by atoms with Gasteiger partial charge >= 0.3 is 12.2 Å². The fourth-order valence-electron chi connectivity index (χ4n) is 4.37. The summed E-state index contributed by atoms with van der Waals surface area (Å²) in [6, 6.07) is 26.3. The molecule has 15 heteroatoms. The Balaban J connectivity index is 0.000000187. The third kappa shape index (κ3) is 12.9. The van der Waals surface area contributed by atoms with E-state index >= 15 is 0 Å². The molecule has 2 aliphatic heterocycles. The van der Waals surface area contributed by atoms with Gasteiger partial charge in [-0.05, 0) is 83.2 Å². The summed E-state index contributed by atoms with van der Waals surface area (Å²) in [6.07, 6.45) is 2.46. The van der Waals surface area contributed by atoms with E-state index in [1.165, 1.54) is 9.80 Å². The topological polar surface area (TPSA) is 134 Å². The maximum absolute atomic E-state index is 12.3. The van der Waals surface area contributed by atoms with Crippen LogP contribution in [0.1, 0.15) is 11.1 Å². The fourth-order valence-corrected chi connectivity index (χ4v) is 5.08. The van der Waals surface area contributed by atoms with Gasteiger partial charge in [-0.1, -0.05) is 60.7 Å². The van der Waals surface area contributed by atoms with E-state index in [0.717, 1.165) is 24.7 Å². The molecule has 2 saturated heterocycles. The lowest BCUT2D eigenvalue weighted by molar-refractivity contribution is -0.123. The van der Waals surface area contributed by atoms with Gasteiger partial charge in [0.05, 0.1) is 0 Å². The minimum atomic E-state index is -0.476. The van der Waals surface area contributed by atoms with Crippen LogP contribution in [-0.4, -0.2) is 83.0 Å². The third-order valence-corrected chi connectivity index (χ3v) is 8.27. The summed E-state index contributed by atoms with van der Waals surface area (Å²) in [7, 11) is 0. The molecule has 2 fully saturated rings. The Labute approximate surface area is 309 Å². The molecule has 12 nitrogen and oxygen atoms in total. The molecule has 1 N–H and O–H groups in total. The number of piperazine rings is 2. The Morgan fingerprint density at radius 2 is 1.22 bits per heavy atom. The van der Waals surface area contributed by atoms with Gasteiger partial charge < -0.3 is 14.8 Å². The molecular weight excluding hydrogens is 828 g/mol. The number of amides is 4. The Kier molecular flexibility index (Phi) is 15.0. The molecule has 0 saturated carbocycles. The van der Waals surface area contributed by atoms with E-state index in [9.17, 15) is 19.2 Å². The molecule has 256 valence electrons. The summed E-state index contributed by atoms with van der Waals surface area (Å²) in [4.78, 5) is 59.7. The number of carbonyl (C=O) groups excluding carboxylic acids is 4.